The standard InChI is InChI=1S/C26H29F3N2O5/c1-33-24-21(34-14-16-5-6-17(11-16)23(28)29)8-7-20(30-24)25(32)31-10-9-26(22(13-31)35-15-36-26)18-3-2-4-19(27)12-18/h2-4,7-8,12,16-17,22-23H,5-6,9-11,13-15H2,1H3/t16-,17?,22+,26+/m0/s1. The van der Waals surface area contributed by atoms with Crippen molar-refractivity contribution in [1.82, 2.24) is 9.88 Å². The zero-order valence-corrected chi connectivity index (χ0v) is 20.0. The van der Waals surface area contributed by atoms with Crippen molar-refractivity contribution in [3.05, 3.63) is 53.5 Å². The van der Waals surface area contributed by atoms with Gasteiger partial charge in [0.1, 0.15) is 30.0 Å². The molecule has 5 rings (SSSR count). The Kier molecular flexibility index (Phi) is 7.07. The number of hydrogen-bond donors (Lipinski definition) is 0. The summed E-state index contributed by atoms with van der Waals surface area (Å²) in [5.74, 6) is -0.636. The minimum atomic E-state index is -2.30. The highest BCUT2D eigenvalue weighted by Crippen LogP contribution is 2.43. The Bertz CT molecular complexity index is 1100. The first-order valence-corrected chi connectivity index (χ1v) is 12.2. The molecule has 2 saturated heterocycles. The van der Waals surface area contributed by atoms with Crippen molar-refractivity contribution >= 4 is 5.91 Å². The fourth-order valence-electron chi connectivity index (χ4n) is 5.49. The van der Waals surface area contributed by atoms with Gasteiger partial charge in [-0.3, -0.25) is 4.79 Å². The Balaban J connectivity index is 1.25. The lowest BCUT2D eigenvalue weighted by atomic mass is 9.82. The zero-order valence-electron chi connectivity index (χ0n) is 20.0. The molecule has 10 heteroatoms. The number of benzene rings is 1. The van der Waals surface area contributed by atoms with E-state index in [1.807, 2.05) is 6.07 Å². The third-order valence-electron chi connectivity index (χ3n) is 7.50. The number of halogens is 3. The largest absolute Gasteiger partial charge is 0.488 e. The van der Waals surface area contributed by atoms with Crippen LogP contribution >= 0.6 is 0 Å². The number of fused-ring (bicyclic) bond motifs is 1. The van der Waals surface area contributed by atoms with Gasteiger partial charge in [0, 0.05) is 18.9 Å². The van der Waals surface area contributed by atoms with E-state index in [1.165, 1.54) is 19.2 Å². The minimum Gasteiger partial charge on any atom is -0.488 e. The van der Waals surface area contributed by atoms with Crippen LogP contribution in [-0.4, -0.2) is 61.9 Å². The zero-order chi connectivity index (χ0) is 25.3. The molecule has 0 radical (unpaired) electrons. The number of carbonyl (C=O) groups is 1. The van der Waals surface area contributed by atoms with Gasteiger partial charge in [0.15, 0.2) is 5.75 Å². The van der Waals surface area contributed by atoms with Gasteiger partial charge in [-0.25, -0.2) is 18.2 Å². The Labute approximate surface area is 207 Å². The number of hydrogen-bond acceptors (Lipinski definition) is 6. The van der Waals surface area contributed by atoms with Gasteiger partial charge < -0.3 is 23.8 Å². The van der Waals surface area contributed by atoms with Gasteiger partial charge in [-0.1, -0.05) is 12.1 Å². The Morgan fingerprint density at radius 1 is 1.28 bits per heavy atom. The fraction of sp³-hybridized carbons (Fsp3) is 0.538. The molecule has 0 bridgehead atoms. The van der Waals surface area contributed by atoms with E-state index in [1.54, 1.807) is 23.1 Å². The van der Waals surface area contributed by atoms with Crippen molar-refractivity contribution in [3.8, 4) is 11.6 Å². The van der Waals surface area contributed by atoms with E-state index in [0.29, 0.717) is 50.1 Å². The first-order chi connectivity index (χ1) is 17.4. The molecule has 2 aliphatic heterocycles. The molecule has 1 unspecified atom stereocenters. The number of rotatable bonds is 7. The SMILES string of the molecule is COc1nc(C(=O)N2CC[C@]3(c4cccc(F)c4)OCO[C@@H]3C2)ccc1OC[C@H]1CCC(C(F)F)C1. The summed E-state index contributed by atoms with van der Waals surface area (Å²) in [4.78, 5) is 19.3. The van der Waals surface area contributed by atoms with Crippen molar-refractivity contribution in [2.75, 3.05) is 33.6 Å². The number of piperidine rings is 1. The number of alkyl halides is 2. The first kappa shape index (κ1) is 24.8. The number of ether oxygens (including phenoxy) is 4. The molecule has 3 aliphatic rings. The van der Waals surface area contributed by atoms with Crippen LogP contribution in [0.4, 0.5) is 13.2 Å². The van der Waals surface area contributed by atoms with E-state index in [2.05, 4.69) is 4.98 Å². The summed E-state index contributed by atoms with van der Waals surface area (Å²) >= 11 is 0. The van der Waals surface area contributed by atoms with Crippen molar-refractivity contribution in [1.29, 1.82) is 0 Å². The van der Waals surface area contributed by atoms with Crippen molar-refractivity contribution < 1.29 is 36.9 Å². The lowest BCUT2D eigenvalue weighted by molar-refractivity contribution is -0.0441. The highest BCUT2D eigenvalue weighted by molar-refractivity contribution is 5.92. The molecule has 4 atom stereocenters. The summed E-state index contributed by atoms with van der Waals surface area (Å²) in [5, 5.41) is 0. The predicted molar refractivity (Wildman–Crippen MR) is 123 cm³/mol. The van der Waals surface area contributed by atoms with Gasteiger partial charge in [0.05, 0.1) is 20.3 Å². The second-order valence-electron chi connectivity index (χ2n) is 9.61. The molecule has 1 aliphatic carbocycles. The molecule has 3 heterocycles. The maximum atomic E-state index is 13.9. The van der Waals surface area contributed by atoms with E-state index < -0.39 is 24.0 Å². The van der Waals surface area contributed by atoms with Crippen LogP contribution < -0.4 is 9.47 Å². The van der Waals surface area contributed by atoms with E-state index in [0.717, 1.165) is 0 Å². The van der Waals surface area contributed by atoms with E-state index >= 15 is 0 Å². The van der Waals surface area contributed by atoms with E-state index in [-0.39, 0.29) is 42.6 Å². The molecule has 0 N–H and O–H groups in total. The molecule has 2 aromatic rings. The molecule has 194 valence electrons. The van der Waals surface area contributed by atoms with Gasteiger partial charge in [0.2, 0.25) is 6.43 Å². The third kappa shape index (κ3) is 4.76. The number of nitrogens with zero attached hydrogens (tertiary/aromatic N) is 2. The molecule has 1 aromatic heterocycles. The number of pyridine rings is 1. The van der Waals surface area contributed by atoms with Gasteiger partial charge in [-0.15, -0.1) is 0 Å². The summed E-state index contributed by atoms with van der Waals surface area (Å²) in [6, 6.07) is 9.46. The van der Waals surface area contributed by atoms with Crippen LogP contribution in [0.3, 0.4) is 0 Å². The number of carbonyl (C=O) groups excluding carboxylic acids is 1. The Hall–Kier alpha value is -2.85. The maximum absolute atomic E-state index is 13.9. The van der Waals surface area contributed by atoms with Gasteiger partial charge in [-0.2, -0.15) is 0 Å². The van der Waals surface area contributed by atoms with Crippen LogP contribution in [0.2, 0.25) is 0 Å². The lowest BCUT2D eigenvalue weighted by Crippen LogP contribution is -2.53. The van der Waals surface area contributed by atoms with Gasteiger partial charge >= 0.3 is 0 Å². The van der Waals surface area contributed by atoms with Gasteiger partial charge in [0.25, 0.3) is 11.8 Å². The molecule has 1 amide bonds. The number of aromatic nitrogens is 1. The Morgan fingerprint density at radius 2 is 2.14 bits per heavy atom. The molecule has 1 saturated carbocycles. The van der Waals surface area contributed by atoms with Crippen LogP contribution in [0.1, 0.15) is 41.7 Å². The average molecular weight is 507 g/mol. The number of methoxy groups -OCH3 is 1. The summed E-state index contributed by atoms with van der Waals surface area (Å²) < 4.78 is 62.6. The summed E-state index contributed by atoms with van der Waals surface area (Å²) in [5.41, 5.74) is 0.0844. The second kappa shape index (κ2) is 10.3. The second-order valence-corrected chi connectivity index (χ2v) is 9.61. The minimum absolute atomic E-state index is 0.0513. The lowest BCUT2D eigenvalue weighted by Gasteiger charge is -2.41. The smallest absolute Gasteiger partial charge is 0.272 e. The van der Waals surface area contributed by atoms with Crippen LogP contribution in [-0.2, 0) is 15.1 Å². The van der Waals surface area contributed by atoms with Crippen molar-refractivity contribution in [2.24, 2.45) is 11.8 Å². The fourth-order valence-corrected chi connectivity index (χ4v) is 5.49. The quantitative estimate of drug-likeness (QED) is 0.555. The average Bonchev–Trinajstić information content (AvgIpc) is 3.54. The molecular formula is C26H29F3N2O5. The normalized spacial score (nSPS) is 27.8. The molecule has 3 fully saturated rings. The maximum Gasteiger partial charge on any atom is 0.272 e. The van der Waals surface area contributed by atoms with E-state index in [4.69, 9.17) is 18.9 Å². The topological polar surface area (TPSA) is 70.1 Å². The van der Waals surface area contributed by atoms with E-state index in [9.17, 15) is 18.0 Å². The monoisotopic (exact) mass is 506 g/mol. The number of amides is 1. The molecule has 7 nitrogen and oxygen atoms in total. The highest BCUT2D eigenvalue weighted by Gasteiger charge is 2.51. The Morgan fingerprint density at radius 3 is 2.89 bits per heavy atom. The van der Waals surface area contributed by atoms with Crippen molar-refractivity contribution in [2.45, 2.75) is 43.8 Å². The predicted octanol–water partition coefficient (Wildman–Crippen LogP) is 4.40. The van der Waals surface area contributed by atoms with Crippen molar-refractivity contribution in [3.63, 3.8) is 0 Å². The molecule has 0 spiro atoms. The highest BCUT2D eigenvalue weighted by atomic mass is 19.3. The summed E-state index contributed by atoms with van der Waals surface area (Å²) in [7, 11) is 1.43. The van der Waals surface area contributed by atoms with Crippen LogP contribution in [0.25, 0.3) is 0 Å². The van der Waals surface area contributed by atoms with Crippen LogP contribution in [0.5, 0.6) is 11.6 Å². The molecule has 1 aromatic carbocycles. The van der Waals surface area contributed by atoms with Crippen LogP contribution in [0.15, 0.2) is 36.4 Å². The first-order valence-electron chi connectivity index (χ1n) is 12.2. The molecule has 36 heavy (non-hydrogen) atoms. The third-order valence-corrected chi connectivity index (χ3v) is 7.50. The molecular weight excluding hydrogens is 477 g/mol. The van der Waals surface area contributed by atoms with Gasteiger partial charge in [-0.05, 0) is 55.0 Å². The summed E-state index contributed by atoms with van der Waals surface area (Å²) in [6.45, 7) is 1.01. The van der Waals surface area contributed by atoms with Crippen LogP contribution in [0, 0.1) is 17.7 Å². The summed E-state index contributed by atoms with van der Waals surface area (Å²) in [6.07, 6.45) is -0.660. The number of likely N-dealkylation sites (tertiary alicyclic amines) is 1.